The molecule has 0 heterocycles. The molecule has 5 heteroatoms. The van der Waals surface area contributed by atoms with E-state index in [0.717, 1.165) is 0 Å². The minimum absolute atomic E-state index is 1.74. The Morgan fingerprint density at radius 1 is 1.00 bits per heavy atom. The SMILES string of the molecule is C[SeH](C)(C)=P(O)(O)O. The maximum absolute atomic E-state index is 8.65. The van der Waals surface area contributed by atoms with Gasteiger partial charge in [0.25, 0.3) is 0 Å². The molecule has 0 spiro atoms. The molecule has 0 atom stereocenters. The molecule has 0 saturated carbocycles. The van der Waals surface area contributed by atoms with Crippen molar-refractivity contribution in [2.75, 3.05) is 0 Å². The van der Waals surface area contributed by atoms with E-state index in [0.29, 0.717) is 0 Å². The van der Waals surface area contributed by atoms with E-state index in [9.17, 15) is 0 Å². The Labute approximate surface area is 50.9 Å². The van der Waals surface area contributed by atoms with Gasteiger partial charge >= 0.3 is 50.3 Å². The van der Waals surface area contributed by atoms with Crippen LogP contribution in [0, 0.1) is 0 Å². The van der Waals surface area contributed by atoms with Gasteiger partial charge in [0.15, 0.2) is 0 Å². The molecule has 0 radical (unpaired) electrons. The Hall–Kier alpha value is 0.829. The molecular formula is C3H13O3PSe. The Bertz CT molecular complexity index is 117. The van der Waals surface area contributed by atoms with Gasteiger partial charge in [0, 0.05) is 0 Å². The van der Waals surface area contributed by atoms with Gasteiger partial charge in [-0.25, -0.2) is 0 Å². The number of rotatable bonds is 0. The second-order valence-electron chi connectivity index (χ2n) is 2.48. The van der Waals surface area contributed by atoms with Crippen molar-refractivity contribution in [3.63, 3.8) is 0 Å². The normalized spacial score (nSPS) is 16.2. The van der Waals surface area contributed by atoms with Gasteiger partial charge in [0.2, 0.25) is 0 Å². The van der Waals surface area contributed by atoms with E-state index in [4.69, 9.17) is 14.7 Å². The van der Waals surface area contributed by atoms with Crippen LogP contribution < -0.4 is 0 Å². The van der Waals surface area contributed by atoms with E-state index >= 15 is 0 Å². The van der Waals surface area contributed by atoms with Crippen LogP contribution in [0.25, 0.3) is 0 Å². The van der Waals surface area contributed by atoms with Crippen LogP contribution in [0.15, 0.2) is 0 Å². The zero-order valence-electron chi connectivity index (χ0n) is 5.24. The summed E-state index contributed by atoms with van der Waals surface area (Å²) in [4.78, 5) is 26.0. The summed E-state index contributed by atoms with van der Waals surface area (Å²) in [5, 5.41) is 0. The molecule has 54 valence electrons. The Kier molecular flexibility index (Phi) is 2.45. The zero-order chi connectivity index (χ0) is 7.00. The van der Waals surface area contributed by atoms with Crippen LogP contribution in [0.3, 0.4) is 0 Å². The monoisotopic (exact) mass is 208 g/mol. The summed E-state index contributed by atoms with van der Waals surface area (Å²) in [6.07, 6.45) is -3.43. The van der Waals surface area contributed by atoms with E-state index < -0.39 is 18.1 Å². The quantitative estimate of drug-likeness (QED) is 0.395. The average molecular weight is 207 g/mol. The maximum atomic E-state index is 8.65. The Morgan fingerprint density at radius 3 is 1.12 bits per heavy atom. The third kappa shape index (κ3) is 2.40. The van der Waals surface area contributed by atoms with E-state index in [1.807, 2.05) is 0 Å². The van der Waals surface area contributed by atoms with Gasteiger partial charge in [-0.15, -0.1) is 0 Å². The molecule has 0 aromatic carbocycles. The van der Waals surface area contributed by atoms with Gasteiger partial charge in [-0.1, -0.05) is 0 Å². The topological polar surface area (TPSA) is 60.7 Å². The second-order valence-corrected chi connectivity index (χ2v) is 21.3. The van der Waals surface area contributed by atoms with Gasteiger partial charge < -0.3 is 0 Å². The van der Waals surface area contributed by atoms with E-state index in [1.165, 1.54) is 0 Å². The standard InChI is InChI=1S/C3H13O3PSe/c1-8(2,3)7(4,5)6/h4-6,8H,1-3H3. The van der Waals surface area contributed by atoms with Crippen molar-refractivity contribution in [1.82, 2.24) is 0 Å². The Morgan fingerprint density at radius 2 is 1.12 bits per heavy atom. The van der Waals surface area contributed by atoms with Crippen LogP contribution in [0.1, 0.15) is 0 Å². The molecule has 3 nitrogen and oxygen atoms in total. The molecule has 0 aliphatic rings. The van der Waals surface area contributed by atoms with Crippen molar-refractivity contribution in [2.24, 2.45) is 0 Å². The molecule has 0 aliphatic carbocycles. The molecule has 0 rings (SSSR count). The first-order valence-electron chi connectivity index (χ1n) is 2.14. The summed E-state index contributed by atoms with van der Waals surface area (Å²) >= 11 is -2.39. The molecule has 8 heavy (non-hydrogen) atoms. The fourth-order valence-electron chi connectivity index (χ4n) is 0. The van der Waals surface area contributed by atoms with Crippen LogP contribution in [-0.4, -0.2) is 26.6 Å². The summed E-state index contributed by atoms with van der Waals surface area (Å²) < 4.78 is 0. The predicted octanol–water partition coefficient (Wildman–Crippen LogP) is 0.293. The first-order valence-corrected chi connectivity index (χ1v) is 11.9. The van der Waals surface area contributed by atoms with Crippen LogP contribution in [-0.2, 0) is 0 Å². The van der Waals surface area contributed by atoms with Crippen molar-refractivity contribution in [3.05, 3.63) is 0 Å². The van der Waals surface area contributed by atoms with Gasteiger partial charge in [0.1, 0.15) is 0 Å². The van der Waals surface area contributed by atoms with Gasteiger partial charge in [-0.05, 0) is 0 Å². The van der Waals surface area contributed by atoms with Crippen molar-refractivity contribution in [1.29, 1.82) is 0 Å². The average Bonchev–Trinajstić information content (AvgIpc) is 1.25. The molecule has 0 aromatic rings. The number of hydrogen-bond acceptors (Lipinski definition) is 3. The first-order chi connectivity index (χ1) is 3.25. The van der Waals surface area contributed by atoms with Crippen LogP contribution in [0.4, 0.5) is 0 Å². The molecule has 0 amide bonds. The summed E-state index contributed by atoms with van der Waals surface area (Å²) in [5.74, 6) is 5.23. The molecule has 0 fully saturated rings. The first kappa shape index (κ1) is 8.83. The molecule has 0 aromatic heterocycles. The van der Waals surface area contributed by atoms with Crippen molar-refractivity contribution in [2.45, 2.75) is 17.5 Å². The van der Waals surface area contributed by atoms with Gasteiger partial charge in [-0.2, -0.15) is 0 Å². The predicted molar refractivity (Wildman–Crippen MR) is 38.3 cm³/mol. The third-order valence-electron chi connectivity index (χ3n) is 0.805. The molecule has 0 unspecified atom stereocenters. The summed E-state index contributed by atoms with van der Waals surface area (Å²) in [6.45, 7) is 0. The summed E-state index contributed by atoms with van der Waals surface area (Å²) in [7, 11) is 0. The van der Waals surface area contributed by atoms with Crippen molar-refractivity contribution < 1.29 is 14.7 Å². The zero-order valence-corrected chi connectivity index (χ0v) is 8.01. The minimum atomic E-state index is -3.43. The van der Waals surface area contributed by atoms with Crippen LogP contribution >= 0.6 is 6.19 Å². The van der Waals surface area contributed by atoms with Gasteiger partial charge in [-0.3, -0.25) is 0 Å². The number of hydrogen-bond donors (Lipinski definition) is 3. The summed E-state index contributed by atoms with van der Waals surface area (Å²) in [5.41, 5.74) is 0. The molecule has 0 saturated heterocycles. The molecule has 0 bridgehead atoms. The summed E-state index contributed by atoms with van der Waals surface area (Å²) in [6, 6.07) is 0. The van der Waals surface area contributed by atoms with E-state index in [2.05, 4.69) is 0 Å². The van der Waals surface area contributed by atoms with Crippen molar-refractivity contribution >= 4 is 18.1 Å². The van der Waals surface area contributed by atoms with E-state index in [-0.39, 0.29) is 0 Å². The fourth-order valence-corrected chi connectivity index (χ4v) is 0. The van der Waals surface area contributed by atoms with Crippen molar-refractivity contribution in [3.8, 4) is 0 Å². The fraction of sp³-hybridized carbons (Fsp3) is 1.00. The van der Waals surface area contributed by atoms with Gasteiger partial charge in [0.05, 0.1) is 0 Å². The molecular weight excluding hydrogens is 194 g/mol. The molecule has 0 aliphatic heterocycles. The molecule has 3 N–H and O–H groups in total. The second kappa shape index (κ2) is 2.22. The van der Waals surface area contributed by atoms with Crippen LogP contribution in [0.5, 0.6) is 0 Å². The third-order valence-corrected chi connectivity index (χ3v) is 12.5. The van der Waals surface area contributed by atoms with E-state index in [1.54, 1.807) is 17.5 Å². The van der Waals surface area contributed by atoms with Crippen LogP contribution in [0.2, 0.25) is 17.5 Å². The Balaban J connectivity index is 4.84.